The number of aryl methyl sites for hydroxylation is 2. The summed E-state index contributed by atoms with van der Waals surface area (Å²) in [5.41, 5.74) is 3.55. The van der Waals surface area contributed by atoms with Crippen molar-refractivity contribution in [1.29, 1.82) is 0 Å². The van der Waals surface area contributed by atoms with Crippen LogP contribution in [0.1, 0.15) is 33.7 Å². The van der Waals surface area contributed by atoms with Crippen LogP contribution in [0.15, 0.2) is 65.3 Å². The molecule has 33 heavy (non-hydrogen) atoms. The lowest BCUT2D eigenvalue weighted by Gasteiger charge is -2.10. The number of anilines is 1. The minimum atomic E-state index is -4.47. The van der Waals surface area contributed by atoms with E-state index in [0.29, 0.717) is 22.5 Å². The Hall–Kier alpha value is -3.94. The van der Waals surface area contributed by atoms with Gasteiger partial charge >= 0.3 is 6.18 Å². The fourth-order valence-corrected chi connectivity index (χ4v) is 3.38. The fourth-order valence-electron chi connectivity index (χ4n) is 3.38. The topological polar surface area (TPSA) is 63.8 Å². The molecule has 2 aromatic heterocycles. The molecule has 0 aliphatic carbocycles. The highest BCUT2D eigenvalue weighted by atomic mass is 19.4. The first kappa shape index (κ1) is 22.3. The van der Waals surface area contributed by atoms with Crippen molar-refractivity contribution in [2.75, 3.05) is 12.4 Å². The Morgan fingerprint density at radius 3 is 2.55 bits per heavy atom. The first-order valence-electron chi connectivity index (χ1n) is 10.2. The molecule has 0 fully saturated rings. The Morgan fingerprint density at radius 2 is 1.82 bits per heavy atom. The Morgan fingerprint density at radius 1 is 1.00 bits per heavy atom. The second-order valence-electron chi connectivity index (χ2n) is 7.55. The first-order valence-corrected chi connectivity index (χ1v) is 10.2. The molecule has 0 saturated heterocycles. The molecule has 0 amide bonds. The zero-order valence-corrected chi connectivity index (χ0v) is 18.2. The number of nitrogens with one attached hydrogen (secondary N) is 1. The average Bonchev–Trinajstić information content (AvgIpc) is 3.29. The van der Waals surface area contributed by atoms with Gasteiger partial charge in [-0.2, -0.15) is 18.2 Å². The highest BCUT2D eigenvalue weighted by Crippen LogP contribution is 2.34. The van der Waals surface area contributed by atoms with Crippen LogP contribution in [0.2, 0.25) is 0 Å². The lowest BCUT2D eigenvalue weighted by molar-refractivity contribution is -0.137. The van der Waals surface area contributed by atoms with Gasteiger partial charge in [-0.05, 0) is 66.4 Å². The summed E-state index contributed by atoms with van der Waals surface area (Å²) in [5.74, 6) is 0.942. The second-order valence-corrected chi connectivity index (χ2v) is 7.55. The number of benzene rings is 2. The Bertz CT molecular complexity index is 1330. The number of alkyl halides is 3. The summed E-state index contributed by atoms with van der Waals surface area (Å²) in [6.45, 7) is 3.97. The van der Waals surface area contributed by atoms with Crippen LogP contribution in [0.25, 0.3) is 23.0 Å². The number of pyridine rings is 1. The second kappa shape index (κ2) is 8.90. The van der Waals surface area contributed by atoms with E-state index in [0.717, 1.165) is 28.8 Å². The van der Waals surface area contributed by atoms with Crippen molar-refractivity contribution < 1.29 is 17.7 Å². The predicted octanol–water partition coefficient (Wildman–Crippen LogP) is 6.40. The van der Waals surface area contributed by atoms with Gasteiger partial charge in [0.2, 0.25) is 5.82 Å². The van der Waals surface area contributed by atoms with Crippen LogP contribution in [0.4, 0.5) is 19.0 Å². The standard InChI is InChI=1S/C25H21F3N4O/c1-15-9-10-17(12-16(15)2)13-21(18-6-4-7-19(14-18)25(26,27)28)24-31-23(32-33-24)20-8-5-11-30-22(20)29-3/h4-14H,1-3H3,(H,29,30)/b21-13-. The fraction of sp³-hybridized carbons (Fsp3) is 0.160. The molecule has 5 nitrogen and oxygen atoms in total. The lowest BCUT2D eigenvalue weighted by atomic mass is 9.98. The predicted molar refractivity (Wildman–Crippen MR) is 121 cm³/mol. The summed E-state index contributed by atoms with van der Waals surface area (Å²) >= 11 is 0. The molecule has 0 radical (unpaired) electrons. The molecule has 0 atom stereocenters. The van der Waals surface area contributed by atoms with Crippen LogP contribution < -0.4 is 5.32 Å². The van der Waals surface area contributed by atoms with Crippen molar-refractivity contribution in [3.05, 3.63) is 94.5 Å². The van der Waals surface area contributed by atoms with E-state index in [1.54, 1.807) is 37.5 Å². The Balaban J connectivity index is 1.86. The molecule has 0 aliphatic rings. The summed E-state index contributed by atoms with van der Waals surface area (Å²) in [6, 6.07) is 14.4. The maximum absolute atomic E-state index is 13.4. The largest absolute Gasteiger partial charge is 0.416 e. The van der Waals surface area contributed by atoms with Gasteiger partial charge in [0.15, 0.2) is 0 Å². The summed E-state index contributed by atoms with van der Waals surface area (Å²) in [5, 5.41) is 7.02. The Kier molecular flexibility index (Phi) is 6.00. The Labute approximate surface area is 189 Å². The molecule has 0 aliphatic heterocycles. The number of hydrogen-bond acceptors (Lipinski definition) is 5. The van der Waals surface area contributed by atoms with Gasteiger partial charge < -0.3 is 9.84 Å². The third-order valence-electron chi connectivity index (χ3n) is 5.28. The molecule has 0 saturated carbocycles. The molecule has 168 valence electrons. The average molecular weight is 450 g/mol. The third kappa shape index (κ3) is 4.79. The summed E-state index contributed by atoms with van der Waals surface area (Å²) in [7, 11) is 1.72. The van der Waals surface area contributed by atoms with Gasteiger partial charge in [-0.25, -0.2) is 4.98 Å². The van der Waals surface area contributed by atoms with Gasteiger partial charge in [-0.15, -0.1) is 0 Å². The van der Waals surface area contributed by atoms with Crippen molar-refractivity contribution in [3.8, 4) is 11.4 Å². The first-order chi connectivity index (χ1) is 15.8. The normalized spacial score (nSPS) is 12.1. The van der Waals surface area contributed by atoms with Gasteiger partial charge in [-0.3, -0.25) is 0 Å². The molecule has 0 bridgehead atoms. The van der Waals surface area contributed by atoms with E-state index in [9.17, 15) is 13.2 Å². The summed E-state index contributed by atoms with van der Waals surface area (Å²) in [6.07, 6.45) is -1.09. The van der Waals surface area contributed by atoms with Crippen LogP contribution >= 0.6 is 0 Å². The van der Waals surface area contributed by atoms with E-state index in [1.165, 1.54) is 6.07 Å². The van der Waals surface area contributed by atoms with Crippen molar-refractivity contribution in [1.82, 2.24) is 15.1 Å². The van der Waals surface area contributed by atoms with Crippen molar-refractivity contribution >= 4 is 17.5 Å². The maximum atomic E-state index is 13.4. The third-order valence-corrected chi connectivity index (χ3v) is 5.28. The quantitative estimate of drug-likeness (QED) is 0.357. The van der Waals surface area contributed by atoms with Crippen molar-refractivity contribution in [3.63, 3.8) is 0 Å². The molecule has 1 N–H and O–H groups in total. The minimum absolute atomic E-state index is 0.105. The highest BCUT2D eigenvalue weighted by molar-refractivity contribution is 5.89. The van der Waals surface area contributed by atoms with E-state index in [4.69, 9.17) is 4.52 Å². The van der Waals surface area contributed by atoms with Gasteiger partial charge in [0.25, 0.3) is 5.89 Å². The molecular weight excluding hydrogens is 429 g/mol. The highest BCUT2D eigenvalue weighted by Gasteiger charge is 2.31. The molecule has 8 heteroatoms. The van der Waals surface area contributed by atoms with Gasteiger partial charge in [0.05, 0.1) is 11.1 Å². The van der Waals surface area contributed by atoms with Gasteiger partial charge in [0.1, 0.15) is 5.82 Å². The molecule has 2 aromatic carbocycles. The van der Waals surface area contributed by atoms with E-state index in [-0.39, 0.29) is 11.7 Å². The van der Waals surface area contributed by atoms with E-state index in [1.807, 2.05) is 32.0 Å². The molecule has 0 spiro atoms. The van der Waals surface area contributed by atoms with Gasteiger partial charge in [0, 0.05) is 18.8 Å². The van der Waals surface area contributed by atoms with Crippen LogP contribution in [-0.2, 0) is 6.18 Å². The van der Waals surface area contributed by atoms with Gasteiger partial charge in [-0.1, -0.05) is 35.5 Å². The minimum Gasteiger partial charge on any atom is -0.373 e. The van der Waals surface area contributed by atoms with E-state index in [2.05, 4.69) is 20.4 Å². The number of nitrogens with zero attached hydrogens (tertiary/aromatic N) is 3. The smallest absolute Gasteiger partial charge is 0.373 e. The van der Waals surface area contributed by atoms with Crippen LogP contribution in [0.5, 0.6) is 0 Å². The zero-order chi connectivity index (χ0) is 23.6. The number of hydrogen-bond donors (Lipinski definition) is 1. The van der Waals surface area contributed by atoms with Crippen molar-refractivity contribution in [2.45, 2.75) is 20.0 Å². The number of aromatic nitrogens is 3. The van der Waals surface area contributed by atoms with E-state index < -0.39 is 11.7 Å². The SMILES string of the molecule is CNc1ncccc1-c1noc(/C(=C\c2ccc(C)c(C)c2)c2cccc(C(F)(F)F)c2)n1. The number of halogens is 3. The lowest BCUT2D eigenvalue weighted by Crippen LogP contribution is -2.05. The molecule has 0 unspecified atom stereocenters. The molecular formula is C25H21F3N4O. The van der Waals surface area contributed by atoms with Crippen LogP contribution in [0.3, 0.4) is 0 Å². The van der Waals surface area contributed by atoms with Crippen molar-refractivity contribution in [2.24, 2.45) is 0 Å². The monoisotopic (exact) mass is 450 g/mol. The number of rotatable bonds is 5. The molecule has 4 rings (SSSR count). The molecule has 2 heterocycles. The van der Waals surface area contributed by atoms with Crippen LogP contribution in [-0.4, -0.2) is 22.2 Å². The zero-order valence-electron chi connectivity index (χ0n) is 18.2. The maximum Gasteiger partial charge on any atom is 0.416 e. The van der Waals surface area contributed by atoms with E-state index >= 15 is 0 Å². The molecule has 4 aromatic rings. The summed E-state index contributed by atoms with van der Waals surface area (Å²) < 4.78 is 45.7. The van der Waals surface area contributed by atoms with Crippen LogP contribution in [0, 0.1) is 13.8 Å². The summed E-state index contributed by atoms with van der Waals surface area (Å²) in [4.78, 5) is 8.72.